The molecule has 4 N–H and O–H groups in total. The molecule has 7 heteroatoms. The van der Waals surface area contributed by atoms with Crippen molar-refractivity contribution in [3.63, 3.8) is 0 Å². The van der Waals surface area contributed by atoms with Crippen molar-refractivity contribution in [1.82, 2.24) is 5.32 Å². The number of hydrogen-bond donors (Lipinski definition) is 4. The maximum Gasteiger partial charge on any atom is 0.279 e. The molecule has 0 saturated heterocycles. The summed E-state index contributed by atoms with van der Waals surface area (Å²) in [5.41, 5.74) is 2.80. The fourth-order valence-electron chi connectivity index (χ4n) is 3.04. The van der Waals surface area contributed by atoms with Crippen LogP contribution in [-0.2, 0) is 9.59 Å². The number of aryl methyl sites for hydroxylation is 1. The Kier molecular flexibility index (Phi) is 8.36. The number of nitrogens with one attached hydrogen (secondary N) is 4. The van der Waals surface area contributed by atoms with Gasteiger partial charge < -0.3 is 20.9 Å². The largest absolute Gasteiger partial charge is 0.355 e. The summed E-state index contributed by atoms with van der Waals surface area (Å²) in [6.45, 7) is 5.02. The average Bonchev–Trinajstić information content (AvgIpc) is 2.69. The van der Waals surface area contributed by atoms with Crippen LogP contribution >= 0.6 is 0 Å². The molecule has 2 rings (SSSR count). The van der Waals surface area contributed by atoms with Crippen molar-refractivity contribution in [2.24, 2.45) is 0 Å². The van der Waals surface area contributed by atoms with Crippen LogP contribution < -0.4 is 20.9 Å². The number of benzene rings is 2. The van der Waals surface area contributed by atoms with Crippen molar-refractivity contribution < 1.29 is 19.3 Å². The Bertz CT molecular complexity index is 867. The summed E-state index contributed by atoms with van der Waals surface area (Å²) in [6.07, 6.45) is 0.854. The van der Waals surface area contributed by atoms with E-state index < -0.39 is 0 Å². The second kappa shape index (κ2) is 11.0. The summed E-state index contributed by atoms with van der Waals surface area (Å²) in [7, 11) is 1.56. The lowest BCUT2D eigenvalue weighted by Crippen LogP contribution is -3.14. The predicted octanol–water partition coefficient (Wildman–Crippen LogP) is 1.23. The number of anilines is 2. The number of carbonyl (C=O) groups excluding carboxylic acids is 3. The van der Waals surface area contributed by atoms with Gasteiger partial charge in [-0.1, -0.05) is 31.2 Å². The summed E-state index contributed by atoms with van der Waals surface area (Å²) in [6, 6.07) is 14.3. The molecule has 1 atom stereocenters. The van der Waals surface area contributed by atoms with Gasteiger partial charge >= 0.3 is 0 Å². The maximum atomic E-state index is 12.5. The van der Waals surface area contributed by atoms with Crippen LogP contribution in [0.2, 0.25) is 0 Å². The molecule has 0 bridgehead atoms. The van der Waals surface area contributed by atoms with Crippen molar-refractivity contribution in [3.05, 3.63) is 59.7 Å². The first kappa shape index (κ1) is 22.1. The smallest absolute Gasteiger partial charge is 0.279 e. The maximum absolute atomic E-state index is 12.5. The minimum Gasteiger partial charge on any atom is -0.355 e. The second-order valence-electron chi connectivity index (χ2n) is 6.92. The standard InChI is InChI=1S/C22H28N4O3/c1-4-12-26(15-21(28)25-19-11-6-5-8-16(19)2)14-20(27)24-18-10-7-9-17(13-18)22(29)23-3/h5-11,13H,4,12,14-15H2,1-3H3,(H,23,29)(H,24,27)(H,25,28)/p+1. The van der Waals surface area contributed by atoms with Gasteiger partial charge in [-0.15, -0.1) is 0 Å². The van der Waals surface area contributed by atoms with Gasteiger partial charge in [0.1, 0.15) is 0 Å². The lowest BCUT2D eigenvalue weighted by molar-refractivity contribution is -0.883. The zero-order chi connectivity index (χ0) is 21.2. The van der Waals surface area contributed by atoms with E-state index in [4.69, 9.17) is 0 Å². The first-order chi connectivity index (χ1) is 13.9. The molecular weight excluding hydrogens is 368 g/mol. The van der Waals surface area contributed by atoms with Crippen LogP contribution in [0.3, 0.4) is 0 Å². The van der Waals surface area contributed by atoms with Gasteiger partial charge in [-0.3, -0.25) is 14.4 Å². The lowest BCUT2D eigenvalue weighted by atomic mass is 10.2. The highest BCUT2D eigenvalue weighted by atomic mass is 16.2. The monoisotopic (exact) mass is 397 g/mol. The summed E-state index contributed by atoms with van der Waals surface area (Å²) in [4.78, 5) is 37.5. The molecule has 0 heterocycles. The highest BCUT2D eigenvalue weighted by Gasteiger charge is 2.18. The molecule has 0 aromatic heterocycles. The van der Waals surface area contributed by atoms with Crippen LogP contribution in [0.5, 0.6) is 0 Å². The molecule has 0 radical (unpaired) electrons. The van der Waals surface area contributed by atoms with Gasteiger partial charge in [0.2, 0.25) is 0 Å². The number of amides is 3. The Labute approximate surface area is 171 Å². The third-order valence-electron chi connectivity index (χ3n) is 4.48. The van der Waals surface area contributed by atoms with Gasteiger partial charge in [0.05, 0.1) is 6.54 Å². The van der Waals surface area contributed by atoms with Gasteiger partial charge in [-0.05, 0) is 43.2 Å². The Balaban J connectivity index is 1.95. The SMILES string of the molecule is CCC[NH+](CC(=O)Nc1cccc(C(=O)NC)c1)CC(=O)Nc1ccccc1C. The van der Waals surface area contributed by atoms with Crippen molar-refractivity contribution in [1.29, 1.82) is 0 Å². The molecule has 3 amide bonds. The average molecular weight is 397 g/mol. The Morgan fingerprint density at radius 1 is 0.931 bits per heavy atom. The van der Waals surface area contributed by atoms with E-state index >= 15 is 0 Å². The fraction of sp³-hybridized carbons (Fsp3) is 0.318. The Hall–Kier alpha value is -3.19. The molecule has 29 heavy (non-hydrogen) atoms. The molecular formula is C22H29N4O3+. The Morgan fingerprint density at radius 3 is 2.28 bits per heavy atom. The zero-order valence-electron chi connectivity index (χ0n) is 17.2. The fourth-order valence-corrected chi connectivity index (χ4v) is 3.04. The van der Waals surface area contributed by atoms with Crippen molar-refractivity contribution in [3.8, 4) is 0 Å². The van der Waals surface area contributed by atoms with Crippen molar-refractivity contribution in [2.75, 3.05) is 37.3 Å². The molecule has 0 saturated carbocycles. The van der Waals surface area contributed by atoms with E-state index in [0.717, 1.165) is 22.6 Å². The van der Waals surface area contributed by atoms with E-state index in [1.54, 1.807) is 31.3 Å². The summed E-state index contributed by atoms with van der Waals surface area (Å²) < 4.78 is 0. The van der Waals surface area contributed by atoms with Crippen LogP contribution in [-0.4, -0.2) is 44.4 Å². The van der Waals surface area contributed by atoms with Crippen molar-refractivity contribution >= 4 is 29.1 Å². The van der Waals surface area contributed by atoms with Crippen molar-refractivity contribution in [2.45, 2.75) is 20.3 Å². The van der Waals surface area contributed by atoms with Gasteiger partial charge in [-0.25, -0.2) is 0 Å². The molecule has 154 valence electrons. The highest BCUT2D eigenvalue weighted by Crippen LogP contribution is 2.12. The lowest BCUT2D eigenvalue weighted by Gasteiger charge is -2.18. The van der Waals surface area contributed by atoms with E-state index in [9.17, 15) is 14.4 Å². The summed E-state index contributed by atoms with van der Waals surface area (Å²) in [5, 5.41) is 8.28. The van der Waals surface area contributed by atoms with Crippen LogP contribution in [0.25, 0.3) is 0 Å². The minimum atomic E-state index is -0.216. The normalized spacial score (nSPS) is 11.4. The topological polar surface area (TPSA) is 91.7 Å². The molecule has 0 aliphatic heterocycles. The highest BCUT2D eigenvalue weighted by molar-refractivity contribution is 5.97. The third kappa shape index (κ3) is 7.04. The van der Waals surface area contributed by atoms with Gasteiger partial charge in [0, 0.05) is 24.0 Å². The third-order valence-corrected chi connectivity index (χ3v) is 4.48. The quantitative estimate of drug-likeness (QED) is 0.513. The first-order valence-corrected chi connectivity index (χ1v) is 9.74. The van der Waals surface area contributed by atoms with Crippen LogP contribution in [0.4, 0.5) is 11.4 Å². The van der Waals surface area contributed by atoms with E-state index in [-0.39, 0.29) is 30.8 Å². The number of carbonyl (C=O) groups is 3. The molecule has 2 aromatic carbocycles. The first-order valence-electron chi connectivity index (χ1n) is 9.74. The molecule has 2 aromatic rings. The Morgan fingerprint density at radius 2 is 1.62 bits per heavy atom. The van der Waals surface area contributed by atoms with E-state index in [2.05, 4.69) is 16.0 Å². The van der Waals surface area contributed by atoms with E-state index in [0.29, 0.717) is 17.8 Å². The molecule has 0 aliphatic carbocycles. The van der Waals surface area contributed by atoms with Crippen LogP contribution in [0.15, 0.2) is 48.5 Å². The molecule has 0 spiro atoms. The van der Waals surface area contributed by atoms with Crippen LogP contribution in [0, 0.1) is 6.92 Å². The number of rotatable bonds is 9. The summed E-state index contributed by atoms with van der Waals surface area (Å²) in [5.74, 6) is -0.546. The predicted molar refractivity (Wildman–Crippen MR) is 114 cm³/mol. The molecule has 0 fully saturated rings. The van der Waals surface area contributed by atoms with Gasteiger partial charge in [0.15, 0.2) is 13.1 Å². The van der Waals surface area contributed by atoms with E-state index in [1.165, 1.54) is 0 Å². The van der Waals surface area contributed by atoms with E-state index in [1.807, 2.05) is 38.1 Å². The number of hydrogen-bond acceptors (Lipinski definition) is 3. The molecule has 0 aliphatic rings. The number of para-hydroxylation sites is 1. The molecule has 7 nitrogen and oxygen atoms in total. The zero-order valence-corrected chi connectivity index (χ0v) is 17.2. The molecule has 1 unspecified atom stereocenters. The number of quaternary nitrogens is 1. The summed E-state index contributed by atoms with van der Waals surface area (Å²) >= 11 is 0. The minimum absolute atomic E-state index is 0.128. The van der Waals surface area contributed by atoms with Crippen LogP contribution in [0.1, 0.15) is 29.3 Å². The van der Waals surface area contributed by atoms with Gasteiger partial charge in [0.25, 0.3) is 17.7 Å². The van der Waals surface area contributed by atoms with Gasteiger partial charge in [-0.2, -0.15) is 0 Å². The second-order valence-corrected chi connectivity index (χ2v) is 6.92.